The Morgan fingerprint density at radius 1 is 1.22 bits per heavy atom. The predicted molar refractivity (Wildman–Crippen MR) is 88.4 cm³/mol. The Kier molecular flexibility index (Phi) is 4.60. The largest absolute Gasteiger partial charge is 0.362 e. The van der Waals surface area contributed by atoms with Crippen LogP contribution in [0.5, 0.6) is 0 Å². The fourth-order valence-electron chi connectivity index (χ4n) is 3.30. The summed E-state index contributed by atoms with van der Waals surface area (Å²) >= 11 is 0. The summed E-state index contributed by atoms with van der Waals surface area (Å²) in [6.45, 7) is 2.52. The van der Waals surface area contributed by atoms with Crippen molar-refractivity contribution < 1.29 is 9.72 Å². The fraction of sp³-hybridized carbons (Fsp3) is 0.471. The van der Waals surface area contributed by atoms with Crippen LogP contribution in [-0.4, -0.2) is 41.9 Å². The second-order valence-corrected chi connectivity index (χ2v) is 6.08. The molecule has 23 heavy (non-hydrogen) atoms. The van der Waals surface area contributed by atoms with Crippen molar-refractivity contribution in [2.75, 3.05) is 31.1 Å². The van der Waals surface area contributed by atoms with Crippen molar-refractivity contribution in [3.8, 4) is 0 Å². The third-order valence-electron chi connectivity index (χ3n) is 4.60. The van der Waals surface area contributed by atoms with Gasteiger partial charge in [0, 0.05) is 38.7 Å². The number of hydrogen-bond donors (Lipinski definition) is 0. The Balaban J connectivity index is 1.59. The summed E-state index contributed by atoms with van der Waals surface area (Å²) in [5.74, 6) is 0.583. The van der Waals surface area contributed by atoms with E-state index >= 15 is 0 Å². The minimum absolute atomic E-state index is 0.128. The van der Waals surface area contributed by atoms with Gasteiger partial charge in [-0.05, 0) is 24.8 Å². The fourth-order valence-corrected chi connectivity index (χ4v) is 3.30. The Bertz CT molecular complexity index is 621. The molecule has 1 fully saturated rings. The molecule has 0 bridgehead atoms. The summed E-state index contributed by atoms with van der Waals surface area (Å²) in [6.07, 6.45) is 7.01. The first-order valence-electron chi connectivity index (χ1n) is 8.08. The van der Waals surface area contributed by atoms with E-state index in [1.807, 2.05) is 15.9 Å². The highest BCUT2D eigenvalue weighted by Crippen LogP contribution is 2.28. The number of allylic oxidation sites excluding steroid dienone is 2. The van der Waals surface area contributed by atoms with Crippen molar-refractivity contribution in [1.29, 1.82) is 0 Å². The second-order valence-electron chi connectivity index (χ2n) is 6.08. The molecule has 0 saturated carbocycles. The number of carbonyl (C=O) groups excluding carboxylic acids is 1. The zero-order valence-electron chi connectivity index (χ0n) is 13.1. The van der Waals surface area contributed by atoms with Crippen LogP contribution < -0.4 is 4.90 Å². The van der Waals surface area contributed by atoms with Crippen LogP contribution in [0, 0.1) is 16.0 Å². The maximum Gasteiger partial charge on any atom is 0.292 e. The van der Waals surface area contributed by atoms with Gasteiger partial charge in [-0.2, -0.15) is 0 Å². The Morgan fingerprint density at radius 2 is 1.96 bits per heavy atom. The van der Waals surface area contributed by atoms with Gasteiger partial charge in [0.15, 0.2) is 0 Å². The van der Waals surface area contributed by atoms with E-state index in [0.29, 0.717) is 44.2 Å². The van der Waals surface area contributed by atoms with Crippen LogP contribution in [0.15, 0.2) is 36.4 Å². The van der Waals surface area contributed by atoms with E-state index < -0.39 is 0 Å². The quantitative estimate of drug-likeness (QED) is 0.486. The van der Waals surface area contributed by atoms with Gasteiger partial charge in [0.25, 0.3) is 5.69 Å². The number of para-hydroxylation sites is 2. The summed E-state index contributed by atoms with van der Waals surface area (Å²) < 4.78 is 0. The number of nitro groups is 1. The molecule has 0 N–H and O–H groups in total. The average Bonchev–Trinajstić information content (AvgIpc) is 3.08. The maximum absolute atomic E-state index is 12.3. The molecular weight excluding hydrogens is 294 g/mol. The molecule has 1 heterocycles. The van der Waals surface area contributed by atoms with Gasteiger partial charge < -0.3 is 9.80 Å². The molecule has 1 aliphatic carbocycles. The number of amides is 1. The van der Waals surface area contributed by atoms with Gasteiger partial charge in [0.1, 0.15) is 5.69 Å². The number of hydrogen-bond acceptors (Lipinski definition) is 4. The van der Waals surface area contributed by atoms with E-state index in [1.165, 1.54) is 6.07 Å². The average molecular weight is 315 g/mol. The molecule has 0 radical (unpaired) electrons. The third-order valence-corrected chi connectivity index (χ3v) is 4.60. The van der Waals surface area contributed by atoms with E-state index in [1.54, 1.807) is 12.1 Å². The van der Waals surface area contributed by atoms with Crippen molar-refractivity contribution in [3.05, 3.63) is 46.5 Å². The number of benzene rings is 1. The standard InChI is InChI=1S/C17H21N3O3/c21-17(13-14-5-1-2-6-14)19-11-9-18(10-12-19)15-7-3-4-8-16(15)20(22)23/h1,3-5,7-8,14H,2,6,9-13H2. The van der Waals surface area contributed by atoms with Crippen molar-refractivity contribution >= 4 is 17.3 Å². The summed E-state index contributed by atoms with van der Waals surface area (Å²) in [7, 11) is 0. The van der Waals surface area contributed by atoms with E-state index in [9.17, 15) is 14.9 Å². The number of carbonyl (C=O) groups is 1. The number of anilines is 1. The lowest BCUT2D eigenvalue weighted by Crippen LogP contribution is -2.49. The number of piperazine rings is 1. The molecule has 6 nitrogen and oxygen atoms in total. The molecule has 3 rings (SSSR count). The maximum atomic E-state index is 12.3. The molecule has 1 aliphatic heterocycles. The van der Waals surface area contributed by atoms with Crippen LogP contribution >= 0.6 is 0 Å². The van der Waals surface area contributed by atoms with Crippen molar-refractivity contribution in [2.45, 2.75) is 19.3 Å². The molecule has 1 aromatic rings. The highest BCUT2D eigenvalue weighted by molar-refractivity contribution is 5.77. The molecular formula is C17H21N3O3. The zero-order chi connectivity index (χ0) is 16.2. The minimum atomic E-state index is -0.348. The van der Waals surface area contributed by atoms with Crippen LogP contribution in [0.25, 0.3) is 0 Å². The summed E-state index contributed by atoms with van der Waals surface area (Å²) in [6, 6.07) is 6.79. The molecule has 122 valence electrons. The summed E-state index contributed by atoms with van der Waals surface area (Å²) in [4.78, 5) is 27.0. The smallest absolute Gasteiger partial charge is 0.292 e. The van der Waals surface area contributed by atoms with E-state index in [0.717, 1.165) is 12.8 Å². The Hall–Kier alpha value is -2.37. The summed E-state index contributed by atoms with van der Waals surface area (Å²) in [5.41, 5.74) is 0.770. The SMILES string of the molecule is O=C(CC1C=CCC1)N1CCN(c2ccccc2[N+](=O)[O-])CC1. The molecule has 6 heteroatoms. The van der Waals surface area contributed by atoms with Gasteiger partial charge in [-0.3, -0.25) is 14.9 Å². The Labute approximate surface area is 135 Å². The number of nitro benzene ring substituents is 1. The van der Waals surface area contributed by atoms with Gasteiger partial charge in [0.05, 0.1) is 4.92 Å². The first kappa shape index (κ1) is 15.5. The highest BCUT2D eigenvalue weighted by atomic mass is 16.6. The number of nitrogens with zero attached hydrogens (tertiary/aromatic N) is 3. The van der Waals surface area contributed by atoms with Crippen LogP contribution in [0.2, 0.25) is 0 Å². The van der Waals surface area contributed by atoms with E-state index in [4.69, 9.17) is 0 Å². The molecule has 1 aromatic carbocycles. The predicted octanol–water partition coefficient (Wildman–Crippen LogP) is 2.60. The van der Waals surface area contributed by atoms with Crippen LogP contribution in [0.4, 0.5) is 11.4 Å². The van der Waals surface area contributed by atoms with E-state index in [2.05, 4.69) is 12.2 Å². The molecule has 1 amide bonds. The molecule has 2 aliphatic rings. The molecule has 1 saturated heterocycles. The van der Waals surface area contributed by atoms with Crippen molar-refractivity contribution in [1.82, 2.24) is 4.90 Å². The van der Waals surface area contributed by atoms with Crippen LogP contribution in [0.1, 0.15) is 19.3 Å². The van der Waals surface area contributed by atoms with Gasteiger partial charge in [-0.25, -0.2) is 0 Å². The first-order valence-corrected chi connectivity index (χ1v) is 8.08. The Morgan fingerprint density at radius 3 is 2.61 bits per heavy atom. The van der Waals surface area contributed by atoms with E-state index in [-0.39, 0.29) is 16.5 Å². The molecule has 1 unspecified atom stereocenters. The van der Waals surface area contributed by atoms with Crippen LogP contribution in [0.3, 0.4) is 0 Å². The second kappa shape index (κ2) is 6.81. The van der Waals surface area contributed by atoms with Gasteiger partial charge in [-0.1, -0.05) is 24.3 Å². The lowest BCUT2D eigenvalue weighted by Gasteiger charge is -2.36. The molecule has 0 aromatic heterocycles. The lowest BCUT2D eigenvalue weighted by atomic mass is 10.0. The topological polar surface area (TPSA) is 66.7 Å². The van der Waals surface area contributed by atoms with Gasteiger partial charge >= 0.3 is 0 Å². The van der Waals surface area contributed by atoms with Crippen molar-refractivity contribution in [2.24, 2.45) is 5.92 Å². The first-order chi connectivity index (χ1) is 11.1. The van der Waals surface area contributed by atoms with Gasteiger partial charge in [-0.15, -0.1) is 0 Å². The van der Waals surface area contributed by atoms with Crippen molar-refractivity contribution in [3.63, 3.8) is 0 Å². The zero-order valence-corrected chi connectivity index (χ0v) is 13.1. The lowest BCUT2D eigenvalue weighted by molar-refractivity contribution is -0.384. The highest BCUT2D eigenvalue weighted by Gasteiger charge is 2.26. The third kappa shape index (κ3) is 3.52. The molecule has 1 atom stereocenters. The normalized spacial score (nSPS) is 20.8. The number of rotatable bonds is 4. The molecule has 0 spiro atoms. The monoisotopic (exact) mass is 315 g/mol. The van der Waals surface area contributed by atoms with Gasteiger partial charge in [0.2, 0.25) is 5.91 Å². The minimum Gasteiger partial charge on any atom is -0.362 e. The van der Waals surface area contributed by atoms with Crippen LogP contribution in [-0.2, 0) is 4.79 Å². The summed E-state index contributed by atoms with van der Waals surface area (Å²) in [5, 5.41) is 11.1.